The Hall–Kier alpha value is 0. The molecule has 2 atom stereocenters. The van der Waals surface area contributed by atoms with E-state index in [2.05, 4.69) is 27.7 Å². The third-order valence-electron chi connectivity index (χ3n) is 4.75. The number of hydrogen-bond donors (Lipinski definition) is 0. The molecule has 0 radical (unpaired) electrons. The highest BCUT2D eigenvalue weighted by Gasteiger charge is 2.19. The minimum atomic E-state index is 0.679. The summed E-state index contributed by atoms with van der Waals surface area (Å²) in [6.07, 6.45) is 13.2. The first-order valence-electron chi connectivity index (χ1n) is 7.51. The van der Waals surface area contributed by atoms with Crippen LogP contribution in [0.4, 0.5) is 0 Å². The van der Waals surface area contributed by atoms with Gasteiger partial charge in [0.25, 0.3) is 0 Å². The van der Waals surface area contributed by atoms with Gasteiger partial charge in [0.2, 0.25) is 0 Å². The van der Waals surface area contributed by atoms with E-state index in [1.54, 1.807) is 0 Å². The van der Waals surface area contributed by atoms with Crippen molar-refractivity contribution in [1.82, 2.24) is 0 Å². The molecule has 0 aromatic heterocycles. The molecule has 0 amide bonds. The quantitative estimate of drug-likeness (QED) is 0.487. The monoisotopic (exact) mass is 224 g/mol. The van der Waals surface area contributed by atoms with Crippen molar-refractivity contribution in [2.45, 2.75) is 85.5 Å². The van der Waals surface area contributed by atoms with Crippen LogP contribution in [-0.4, -0.2) is 0 Å². The first-order valence-corrected chi connectivity index (χ1v) is 7.51. The number of hydrogen-bond acceptors (Lipinski definition) is 0. The van der Waals surface area contributed by atoms with Crippen LogP contribution in [0.3, 0.4) is 0 Å². The van der Waals surface area contributed by atoms with Crippen LogP contribution in [0.2, 0.25) is 0 Å². The smallest absolute Gasteiger partial charge is 0.0354 e. The van der Waals surface area contributed by atoms with Gasteiger partial charge >= 0.3 is 0 Å². The van der Waals surface area contributed by atoms with Gasteiger partial charge in [-0.05, 0) is 30.1 Å². The highest BCUT2D eigenvalue weighted by molar-refractivity contribution is 4.72. The molecule has 0 aliphatic heterocycles. The fourth-order valence-corrected chi connectivity index (χ4v) is 3.01. The molecule has 2 aliphatic rings. The van der Waals surface area contributed by atoms with E-state index in [9.17, 15) is 0 Å². The molecule has 2 unspecified atom stereocenters. The van der Waals surface area contributed by atoms with E-state index in [1.165, 1.54) is 57.8 Å². The third kappa shape index (κ3) is 5.37. The van der Waals surface area contributed by atoms with Gasteiger partial charge in [-0.3, -0.25) is 0 Å². The van der Waals surface area contributed by atoms with Crippen LogP contribution in [0.1, 0.15) is 85.5 Å². The largest absolute Gasteiger partial charge is 0.0623 e. The Morgan fingerprint density at radius 1 is 0.688 bits per heavy atom. The minimum absolute atomic E-state index is 0.679. The summed E-state index contributed by atoms with van der Waals surface area (Å²) in [7, 11) is 0. The van der Waals surface area contributed by atoms with Crippen molar-refractivity contribution in [3.8, 4) is 0 Å². The zero-order chi connectivity index (χ0) is 12.0. The molecule has 2 aliphatic carbocycles. The molecule has 0 aromatic rings. The maximum absolute atomic E-state index is 2.38. The Labute approximate surface area is 103 Å². The molecule has 2 saturated carbocycles. The molecule has 2 fully saturated rings. The molecule has 0 nitrogen and oxygen atoms in total. The van der Waals surface area contributed by atoms with Crippen molar-refractivity contribution in [3.63, 3.8) is 0 Å². The van der Waals surface area contributed by atoms with Gasteiger partial charge in [-0.2, -0.15) is 0 Å². The summed E-state index contributed by atoms with van der Waals surface area (Å²) < 4.78 is 0. The van der Waals surface area contributed by atoms with Gasteiger partial charge in [0, 0.05) is 0 Å². The summed E-state index contributed by atoms with van der Waals surface area (Å²) in [5.41, 5.74) is 0.679. The second-order valence-electron chi connectivity index (χ2n) is 6.96. The molecule has 0 saturated heterocycles. The predicted molar refractivity (Wildman–Crippen MR) is 73.7 cm³/mol. The highest BCUT2D eigenvalue weighted by atomic mass is 14.3. The van der Waals surface area contributed by atoms with Gasteiger partial charge in [-0.25, -0.2) is 0 Å². The summed E-state index contributed by atoms with van der Waals surface area (Å²) in [6.45, 7) is 9.52. The summed E-state index contributed by atoms with van der Waals surface area (Å²) in [5, 5.41) is 0. The van der Waals surface area contributed by atoms with Crippen molar-refractivity contribution in [3.05, 3.63) is 0 Å². The van der Waals surface area contributed by atoms with Crippen LogP contribution >= 0.6 is 0 Å². The van der Waals surface area contributed by atoms with E-state index in [4.69, 9.17) is 0 Å². The molecule has 0 bridgehead atoms. The lowest BCUT2D eigenvalue weighted by Gasteiger charge is -2.28. The van der Waals surface area contributed by atoms with Crippen LogP contribution < -0.4 is 0 Å². The minimum Gasteiger partial charge on any atom is -0.0623 e. The maximum atomic E-state index is 2.38. The van der Waals surface area contributed by atoms with Crippen LogP contribution in [0.25, 0.3) is 0 Å². The Morgan fingerprint density at radius 2 is 1.12 bits per heavy atom. The zero-order valence-electron chi connectivity index (χ0n) is 12.0. The topological polar surface area (TPSA) is 0 Å². The van der Waals surface area contributed by atoms with Crippen LogP contribution in [0.15, 0.2) is 0 Å². The highest BCUT2D eigenvalue weighted by Crippen LogP contribution is 2.34. The van der Waals surface area contributed by atoms with E-state index >= 15 is 0 Å². The molecule has 0 heterocycles. The van der Waals surface area contributed by atoms with Crippen LogP contribution in [-0.2, 0) is 0 Å². The predicted octanol–water partition coefficient (Wildman–Crippen LogP) is 5.81. The number of rotatable bonds is 0. The average molecular weight is 224 g/mol. The fraction of sp³-hybridized carbons (Fsp3) is 1.00. The van der Waals surface area contributed by atoms with Crippen molar-refractivity contribution >= 4 is 0 Å². The molecule has 16 heavy (non-hydrogen) atoms. The molecular formula is C16H32. The maximum Gasteiger partial charge on any atom is -0.0354 e. The summed E-state index contributed by atoms with van der Waals surface area (Å²) in [4.78, 5) is 0. The third-order valence-corrected chi connectivity index (χ3v) is 4.75. The Morgan fingerprint density at radius 3 is 1.38 bits per heavy atom. The first-order chi connectivity index (χ1) is 7.51. The normalized spacial score (nSPS) is 33.8. The SMILES string of the molecule is CC1(C)CCCCC1.CC1CCCCC1C. The molecule has 0 N–H and O–H groups in total. The van der Waals surface area contributed by atoms with Crippen molar-refractivity contribution < 1.29 is 0 Å². The molecule has 0 heteroatoms. The fourth-order valence-electron chi connectivity index (χ4n) is 3.01. The second-order valence-corrected chi connectivity index (χ2v) is 6.96. The van der Waals surface area contributed by atoms with E-state index in [-0.39, 0.29) is 0 Å². The Kier molecular flexibility index (Phi) is 5.86. The molecular weight excluding hydrogens is 192 g/mol. The van der Waals surface area contributed by atoms with Crippen molar-refractivity contribution in [1.29, 1.82) is 0 Å². The molecule has 2 rings (SSSR count). The lowest BCUT2D eigenvalue weighted by Crippen LogP contribution is -2.14. The van der Waals surface area contributed by atoms with E-state index in [0.717, 1.165) is 11.8 Å². The lowest BCUT2D eigenvalue weighted by atomic mass is 9.78. The summed E-state index contributed by atoms with van der Waals surface area (Å²) in [5.74, 6) is 2.01. The van der Waals surface area contributed by atoms with Crippen molar-refractivity contribution in [2.24, 2.45) is 17.3 Å². The van der Waals surface area contributed by atoms with E-state index < -0.39 is 0 Å². The van der Waals surface area contributed by atoms with Crippen LogP contribution in [0.5, 0.6) is 0 Å². The summed E-state index contributed by atoms with van der Waals surface area (Å²) >= 11 is 0. The van der Waals surface area contributed by atoms with E-state index in [1.807, 2.05) is 0 Å². The molecule has 0 aromatic carbocycles. The van der Waals surface area contributed by atoms with Crippen LogP contribution in [0, 0.1) is 17.3 Å². The van der Waals surface area contributed by atoms with Gasteiger partial charge in [0.05, 0.1) is 0 Å². The molecule has 0 spiro atoms. The average Bonchev–Trinajstić information content (AvgIpc) is 2.23. The Balaban J connectivity index is 0.000000160. The first kappa shape index (κ1) is 14.1. The van der Waals surface area contributed by atoms with Gasteiger partial charge in [-0.15, -0.1) is 0 Å². The molecule has 96 valence electrons. The van der Waals surface area contributed by atoms with Gasteiger partial charge in [0.15, 0.2) is 0 Å². The van der Waals surface area contributed by atoms with Gasteiger partial charge in [-0.1, -0.05) is 72.6 Å². The summed E-state index contributed by atoms with van der Waals surface area (Å²) in [6, 6.07) is 0. The Bertz CT molecular complexity index is 162. The van der Waals surface area contributed by atoms with E-state index in [0.29, 0.717) is 5.41 Å². The standard InChI is InChI=1S/2C8H16/c1-8(2)6-4-3-5-7-8;1-7-5-3-4-6-8(7)2/h3-7H2,1-2H3;7-8H,3-6H2,1-2H3. The second kappa shape index (κ2) is 6.67. The van der Waals surface area contributed by atoms with Gasteiger partial charge < -0.3 is 0 Å². The lowest BCUT2D eigenvalue weighted by molar-refractivity contribution is 0.244. The zero-order valence-corrected chi connectivity index (χ0v) is 12.0. The van der Waals surface area contributed by atoms with Gasteiger partial charge in [0.1, 0.15) is 0 Å². The van der Waals surface area contributed by atoms with Crippen molar-refractivity contribution in [2.75, 3.05) is 0 Å².